The Bertz CT molecular complexity index is 961. The lowest BCUT2D eigenvalue weighted by Gasteiger charge is -2.34. The Kier molecular flexibility index (Phi) is 7.64. The summed E-state index contributed by atoms with van der Waals surface area (Å²) in [7, 11) is 0. The summed E-state index contributed by atoms with van der Waals surface area (Å²) in [5.41, 5.74) is 13.3. The molecule has 178 valence electrons. The summed E-state index contributed by atoms with van der Waals surface area (Å²) in [4.78, 5) is 26.5. The van der Waals surface area contributed by atoms with Crippen molar-refractivity contribution in [3.63, 3.8) is 0 Å². The number of rotatable bonds is 8. The van der Waals surface area contributed by atoms with Gasteiger partial charge in [0.05, 0.1) is 24.5 Å². The zero-order valence-corrected chi connectivity index (χ0v) is 18.1. The van der Waals surface area contributed by atoms with Crippen molar-refractivity contribution in [1.29, 1.82) is 5.53 Å². The van der Waals surface area contributed by atoms with Crippen LogP contribution in [0.4, 0.5) is 20.6 Å². The number of hydrogen-bond acceptors (Lipinski definition) is 9. The minimum atomic E-state index is -0.580. The number of amides is 2. The monoisotopic (exact) mass is 462 g/mol. The molecular formula is C20H27FN8O4. The highest BCUT2D eigenvalue weighted by atomic mass is 19.1. The van der Waals surface area contributed by atoms with Gasteiger partial charge < -0.3 is 31.2 Å². The van der Waals surface area contributed by atoms with E-state index in [0.717, 1.165) is 0 Å². The van der Waals surface area contributed by atoms with Gasteiger partial charge in [-0.1, -0.05) is 5.16 Å². The van der Waals surface area contributed by atoms with Crippen LogP contribution in [-0.4, -0.2) is 61.4 Å². The summed E-state index contributed by atoms with van der Waals surface area (Å²) in [5.74, 6) is -0.926. The number of piperidine rings is 1. The molecule has 3 rings (SSSR count). The molecule has 0 bridgehead atoms. The molecule has 0 unspecified atom stereocenters. The zero-order chi connectivity index (χ0) is 24.0. The van der Waals surface area contributed by atoms with E-state index in [9.17, 15) is 14.0 Å². The number of carbonyl (C=O) groups is 2. The maximum absolute atomic E-state index is 14.9. The van der Waals surface area contributed by atoms with Crippen LogP contribution in [0.2, 0.25) is 0 Å². The molecule has 0 aliphatic carbocycles. The van der Waals surface area contributed by atoms with Gasteiger partial charge in [-0.05, 0) is 31.0 Å². The molecule has 33 heavy (non-hydrogen) atoms. The van der Waals surface area contributed by atoms with E-state index in [4.69, 9.17) is 21.2 Å². The summed E-state index contributed by atoms with van der Waals surface area (Å²) in [6.45, 7) is 2.98. The first-order valence-corrected chi connectivity index (χ1v) is 10.4. The average molecular weight is 462 g/mol. The first kappa shape index (κ1) is 23.8. The molecule has 0 aromatic heterocycles. The van der Waals surface area contributed by atoms with E-state index in [2.05, 4.69) is 20.9 Å². The third kappa shape index (κ3) is 5.87. The minimum absolute atomic E-state index is 0.0151. The number of nitrogens with two attached hydrogens (primary N) is 1. The number of nitrogens with one attached hydrogen (secondary N) is 3. The van der Waals surface area contributed by atoms with Crippen molar-refractivity contribution < 1.29 is 23.9 Å². The molecule has 2 aliphatic rings. The molecule has 0 spiro atoms. The van der Waals surface area contributed by atoms with Crippen LogP contribution in [0.5, 0.6) is 0 Å². The van der Waals surface area contributed by atoms with E-state index in [1.165, 1.54) is 24.1 Å². The predicted molar refractivity (Wildman–Crippen MR) is 118 cm³/mol. The summed E-state index contributed by atoms with van der Waals surface area (Å²) in [6.07, 6.45) is 1.74. The number of halogens is 1. The van der Waals surface area contributed by atoms with Crippen LogP contribution in [-0.2, 0) is 9.53 Å². The van der Waals surface area contributed by atoms with Gasteiger partial charge in [0.2, 0.25) is 5.91 Å². The van der Waals surface area contributed by atoms with Crippen LogP contribution >= 0.6 is 0 Å². The Morgan fingerprint density at radius 3 is 2.76 bits per heavy atom. The highest BCUT2D eigenvalue weighted by Crippen LogP contribution is 2.29. The number of ether oxygens (including phenoxy) is 1. The number of cyclic esters (lactones) is 1. The lowest BCUT2D eigenvalue weighted by Crippen LogP contribution is -2.41. The van der Waals surface area contributed by atoms with Gasteiger partial charge >= 0.3 is 6.09 Å². The minimum Gasteiger partial charge on any atom is -0.442 e. The smallest absolute Gasteiger partial charge is 0.414 e. The van der Waals surface area contributed by atoms with Crippen LogP contribution in [0.3, 0.4) is 0 Å². The molecule has 1 aromatic rings. The van der Waals surface area contributed by atoms with E-state index in [0.29, 0.717) is 37.3 Å². The van der Waals surface area contributed by atoms with E-state index in [-0.39, 0.29) is 36.6 Å². The molecule has 0 radical (unpaired) electrons. The van der Waals surface area contributed by atoms with Crippen LogP contribution in [0.25, 0.3) is 0 Å². The van der Waals surface area contributed by atoms with Crippen molar-refractivity contribution in [1.82, 2.24) is 10.6 Å². The third-order valence-electron chi connectivity index (χ3n) is 5.48. The summed E-state index contributed by atoms with van der Waals surface area (Å²) < 4.78 is 20.1. The molecule has 13 heteroatoms. The molecule has 1 aromatic carbocycles. The highest BCUT2D eigenvalue weighted by molar-refractivity contribution is 5.95. The summed E-state index contributed by atoms with van der Waals surface area (Å²) in [6, 6.07) is 4.69. The molecule has 2 fully saturated rings. The Morgan fingerprint density at radius 1 is 1.42 bits per heavy atom. The number of oxime groups is 1. The second kappa shape index (κ2) is 10.6. The van der Waals surface area contributed by atoms with Crippen LogP contribution in [0.1, 0.15) is 19.8 Å². The van der Waals surface area contributed by atoms with Crippen molar-refractivity contribution >= 4 is 29.2 Å². The van der Waals surface area contributed by atoms with Gasteiger partial charge in [-0.2, -0.15) is 5.11 Å². The van der Waals surface area contributed by atoms with Crippen molar-refractivity contribution in [2.75, 3.05) is 36.0 Å². The summed E-state index contributed by atoms with van der Waals surface area (Å²) >= 11 is 0. The number of hydrogen-bond donors (Lipinski definition) is 5. The lowest BCUT2D eigenvalue weighted by atomic mass is 10.0. The number of carbonyl (C=O) groups excluding carboxylic acids is 2. The lowest BCUT2D eigenvalue weighted by molar-refractivity contribution is -0.119. The fourth-order valence-electron chi connectivity index (χ4n) is 3.71. The number of benzene rings is 1. The maximum Gasteiger partial charge on any atom is 0.414 e. The Morgan fingerprint density at radius 2 is 2.15 bits per heavy atom. The Balaban J connectivity index is 1.58. The number of amidine groups is 1. The normalized spacial score (nSPS) is 19.9. The SMILES string of the molecule is CC(=O)NC[C@H]1CN(c2ccc(N3CCC(N/C=C(N=N)/C(N)=N/O)CC3)c(F)c2)C(=O)O1. The van der Waals surface area contributed by atoms with Gasteiger partial charge in [-0.15, -0.1) is 0 Å². The molecule has 2 amide bonds. The van der Waals surface area contributed by atoms with Gasteiger partial charge in [-0.25, -0.2) is 14.7 Å². The Hall–Kier alpha value is -3.90. The largest absolute Gasteiger partial charge is 0.442 e. The molecule has 2 heterocycles. The quantitative estimate of drug-likeness (QED) is 0.128. The van der Waals surface area contributed by atoms with Gasteiger partial charge in [0.25, 0.3) is 0 Å². The van der Waals surface area contributed by atoms with Crippen molar-refractivity contribution in [3.05, 3.63) is 35.9 Å². The predicted octanol–water partition coefficient (Wildman–Crippen LogP) is 1.46. The molecule has 1 atom stereocenters. The van der Waals surface area contributed by atoms with Crippen LogP contribution < -0.4 is 26.2 Å². The van der Waals surface area contributed by atoms with E-state index in [1.807, 2.05) is 4.90 Å². The van der Waals surface area contributed by atoms with Crippen LogP contribution in [0, 0.1) is 11.3 Å². The average Bonchev–Trinajstić information content (AvgIpc) is 3.18. The third-order valence-corrected chi connectivity index (χ3v) is 5.48. The van der Waals surface area contributed by atoms with Crippen molar-refractivity contribution in [2.24, 2.45) is 16.0 Å². The number of anilines is 2. The maximum atomic E-state index is 14.9. The molecule has 6 N–H and O–H groups in total. The van der Waals surface area contributed by atoms with Gasteiger partial charge in [0, 0.05) is 32.3 Å². The first-order chi connectivity index (χ1) is 15.8. The summed E-state index contributed by atoms with van der Waals surface area (Å²) in [5, 5.41) is 20.4. The van der Waals surface area contributed by atoms with Gasteiger partial charge in [0.15, 0.2) is 5.84 Å². The number of nitrogens with zero attached hydrogens (tertiary/aromatic N) is 4. The van der Waals surface area contributed by atoms with Gasteiger partial charge in [0.1, 0.15) is 17.6 Å². The van der Waals surface area contributed by atoms with Crippen molar-refractivity contribution in [3.8, 4) is 0 Å². The van der Waals surface area contributed by atoms with Gasteiger partial charge in [-0.3, -0.25) is 9.69 Å². The fraction of sp³-hybridized carbons (Fsp3) is 0.450. The molecular weight excluding hydrogens is 435 g/mol. The zero-order valence-electron chi connectivity index (χ0n) is 18.1. The second-order valence-corrected chi connectivity index (χ2v) is 7.74. The highest BCUT2D eigenvalue weighted by Gasteiger charge is 2.33. The van der Waals surface area contributed by atoms with Crippen LogP contribution in [0.15, 0.2) is 40.4 Å². The van der Waals surface area contributed by atoms with E-state index >= 15 is 0 Å². The second-order valence-electron chi connectivity index (χ2n) is 7.74. The first-order valence-electron chi connectivity index (χ1n) is 10.4. The van der Waals surface area contributed by atoms with E-state index in [1.54, 1.807) is 12.1 Å². The standard InChI is InChI=1S/C20H27FN8O4/c1-12(30)24-9-15-11-29(20(31)33-15)14-2-3-18(16(21)8-14)28-6-4-13(5-7-28)25-10-17(26-23)19(22)27-32/h2-3,8,10,13,15,23,25,32H,4-7,9,11H2,1H3,(H2,22,27)(H,24,30)/b17-10-,26-23?/t15-/m0/s1. The molecule has 2 aliphatic heterocycles. The van der Waals surface area contributed by atoms with Crippen molar-refractivity contribution in [2.45, 2.75) is 31.9 Å². The molecule has 12 nitrogen and oxygen atoms in total. The topological polar surface area (TPSA) is 169 Å². The van der Waals surface area contributed by atoms with E-state index < -0.39 is 18.0 Å². The molecule has 0 saturated carbocycles. The molecule has 2 saturated heterocycles. The fourth-order valence-corrected chi connectivity index (χ4v) is 3.71. The Labute approximate surface area is 189 Å².